The van der Waals surface area contributed by atoms with Crippen molar-refractivity contribution < 1.29 is 18.0 Å². The maximum absolute atomic E-state index is 13.9. The summed E-state index contributed by atoms with van der Waals surface area (Å²) in [6, 6.07) is 0.0264. The first-order valence-corrected chi connectivity index (χ1v) is 12.1. The molecule has 184 valence electrons. The van der Waals surface area contributed by atoms with Gasteiger partial charge < -0.3 is 20.5 Å². The van der Waals surface area contributed by atoms with Crippen LogP contribution < -0.4 is 10.6 Å². The summed E-state index contributed by atoms with van der Waals surface area (Å²) in [5, 5.41) is 6.63. The predicted octanol–water partition coefficient (Wildman–Crippen LogP) is 4.23. The smallest absolute Gasteiger partial charge is 0.356 e. The van der Waals surface area contributed by atoms with Crippen molar-refractivity contribution in [1.29, 1.82) is 0 Å². The molecule has 2 fully saturated rings. The molecule has 2 aromatic heterocycles. The first-order chi connectivity index (χ1) is 16.1. The molecule has 7 nitrogen and oxygen atoms in total. The van der Waals surface area contributed by atoms with E-state index < -0.39 is 11.7 Å². The van der Waals surface area contributed by atoms with Crippen LogP contribution in [0.5, 0.6) is 0 Å². The van der Waals surface area contributed by atoms with Crippen LogP contribution in [0.1, 0.15) is 67.6 Å². The number of aromatic nitrogens is 3. The number of hydrogen-bond acceptors (Lipinski definition) is 5. The standard InChI is InChI=1S/C24H31F3N6O/c1-23(2)8-7-15(10-30-23)31-22-29-12-18(24(25,26)27)19(32-22)17-11-28-20-16(17)4-3-9-33(21(20)34)13-14-5-6-14/h11-12,14-15,28,30H,3-10,13H2,1-2H3,(H,29,31,32). The van der Waals surface area contributed by atoms with E-state index in [0.29, 0.717) is 55.2 Å². The fourth-order valence-electron chi connectivity index (χ4n) is 4.90. The number of carbonyl (C=O) groups is 1. The second-order valence-electron chi connectivity index (χ2n) is 10.5. The van der Waals surface area contributed by atoms with Crippen molar-refractivity contribution >= 4 is 11.9 Å². The molecule has 1 saturated heterocycles. The monoisotopic (exact) mass is 476 g/mol. The van der Waals surface area contributed by atoms with Gasteiger partial charge in [0.15, 0.2) is 0 Å². The van der Waals surface area contributed by atoms with Crippen molar-refractivity contribution in [2.75, 3.05) is 25.0 Å². The van der Waals surface area contributed by atoms with E-state index in [4.69, 9.17) is 0 Å². The van der Waals surface area contributed by atoms with Crippen LogP contribution in [0, 0.1) is 5.92 Å². The number of piperidine rings is 1. The zero-order valence-corrected chi connectivity index (χ0v) is 19.6. The van der Waals surface area contributed by atoms with E-state index in [2.05, 4.69) is 39.4 Å². The molecule has 4 heterocycles. The minimum Gasteiger partial charge on any atom is -0.356 e. The van der Waals surface area contributed by atoms with Gasteiger partial charge in [0.05, 0.1) is 5.69 Å². The molecule has 5 rings (SSSR count). The lowest BCUT2D eigenvalue weighted by Crippen LogP contribution is -2.50. The van der Waals surface area contributed by atoms with E-state index in [1.54, 1.807) is 0 Å². The Balaban J connectivity index is 1.46. The zero-order valence-electron chi connectivity index (χ0n) is 19.6. The number of nitrogens with zero attached hydrogens (tertiary/aromatic N) is 3. The Labute approximate surface area is 196 Å². The van der Waals surface area contributed by atoms with Gasteiger partial charge >= 0.3 is 6.18 Å². The molecular weight excluding hydrogens is 445 g/mol. The largest absolute Gasteiger partial charge is 0.419 e. The lowest BCUT2D eigenvalue weighted by molar-refractivity contribution is -0.137. The van der Waals surface area contributed by atoms with Crippen molar-refractivity contribution in [3.8, 4) is 11.3 Å². The third kappa shape index (κ3) is 4.78. The van der Waals surface area contributed by atoms with Crippen LogP contribution in [0.3, 0.4) is 0 Å². The highest BCUT2D eigenvalue weighted by atomic mass is 19.4. The van der Waals surface area contributed by atoms with Crippen molar-refractivity contribution in [2.45, 2.75) is 70.1 Å². The summed E-state index contributed by atoms with van der Waals surface area (Å²) in [4.78, 5) is 26.3. The molecule has 0 bridgehead atoms. The molecule has 0 spiro atoms. The fraction of sp³-hybridized carbons (Fsp3) is 0.625. The van der Waals surface area contributed by atoms with Gasteiger partial charge in [-0.15, -0.1) is 0 Å². The third-order valence-corrected chi connectivity index (χ3v) is 7.15. The molecule has 1 unspecified atom stereocenters. The molecular formula is C24H31F3N6O. The van der Waals surface area contributed by atoms with Crippen LogP contribution in [-0.4, -0.2) is 57.0 Å². The van der Waals surface area contributed by atoms with E-state index in [9.17, 15) is 18.0 Å². The number of fused-ring (bicyclic) bond motifs is 1. The third-order valence-electron chi connectivity index (χ3n) is 7.15. The molecule has 1 atom stereocenters. The van der Waals surface area contributed by atoms with Crippen LogP contribution >= 0.6 is 0 Å². The summed E-state index contributed by atoms with van der Waals surface area (Å²) in [6.45, 7) is 6.26. The minimum atomic E-state index is -4.61. The molecule has 34 heavy (non-hydrogen) atoms. The second kappa shape index (κ2) is 8.55. The quantitative estimate of drug-likeness (QED) is 0.601. The van der Waals surface area contributed by atoms with E-state index in [0.717, 1.165) is 31.9 Å². The van der Waals surface area contributed by atoms with Gasteiger partial charge in [0.25, 0.3) is 5.91 Å². The lowest BCUT2D eigenvalue weighted by atomic mass is 9.91. The van der Waals surface area contributed by atoms with Crippen molar-refractivity contribution in [3.05, 3.63) is 29.2 Å². The molecule has 10 heteroatoms. The summed E-state index contributed by atoms with van der Waals surface area (Å²) < 4.78 is 41.8. The Morgan fingerprint density at radius 2 is 2.06 bits per heavy atom. The number of H-pyrrole nitrogens is 1. The Bertz CT molecular complexity index is 1070. The number of aromatic amines is 1. The van der Waals surface area contributed by atoms with Crippen molar-refractivity contribution in [1.82, 2.24) is 25.2 Å². The summed E-state index contributed by atoms with van der Waals surface area (Å²) >= 11 is 0. The molecule has 2 aliphatic heterocycles. The Morgan fingerprint density at radius 1 is 1.26 bits per heavy atom. The molecule has 0 aromatic carbocycles. The maximum Gasteiger partial charge on any atom is 0.419 e. The van der Waals surface area contributed by atoms with E-state index in [1.165, 1.54) is 6.20 Å². The van der Waals surface area contributed by atoms with Crippen molar-refractivity contribution in [2.24, 2.45) is 5.92 Å². The van der Waals surface area contributed by atoms with Gasteiger partial charge in [0.1, 0.15) is 11.3 Å². The number of nitrogens with one attached hydrogen (secondary N) is 3. The minimum absolute atomic E-state index is 0.0264. The molecule has 2 aromatic rings. The molecule has 1 saturated carbocycles. The van der Waals surface area contributed by atoms with Crippen LogP contribution in [0.25, 0.3) is 11.3 Å². The normalized spacial score (nSPS) is 22.9. The van der Waals surface area contributed by atoms with Gasteiger partial charge in [-0.3, -0.25) is 4.79 Å². The van der Waals surface area contributed by atoms with Gasteiger partial charge in [-0.05, 0) is 63.9 Å². The Kier molecular flexibility index (Phi) is 5.82. The number of alkyl halides is 3. The lowest BCUT2D eigenvalue weighted by Gasteiger charge is -2.36. The Morgan fingerprint density at radius 3 is 2.74 bits per heavy atom. The predicted molar refractivity (Wildman–Crippen MR) is 122 cm³/mol. The average molecular weight is 477 g/mol. The summed E-state index contributed by atoms with van der Waals surface area (Å²) in [5.74, 6) is 0.578. The molecule has 3 aliphatic rings. The maximum atomic E-state index is 13.9. The zero-order chi connectivity index (χ0) is 24.1. The molecule has 3 N–H and O–H groups in total. The first kappa shape index (κ1) is 23.1. The van der Waals surface area contributed by atoms with E-state index in [-0.39, 0.29) is 29.1 Å². The van der Waals surface area contributed by atoms with Crippen LogP contribution in [-0.2, 0) is 12.6 Å². The number of halogens is 3. The van der Waals surface area contributed by atoms with Crippen LogP contribution in [0.2, 0.25) is 0 Å². The van der Waals surface area contributed by atoms with Gasteiger partial charge in [0.2, 0.25) is 5.95 Å². The van der Waals surface area contributed by atoms with Crippen molar-refractivity contribution in [3.63, 3.8) is 0 Å². The van der Waals surface area contributed by atoms with Gasteiger partial charge in [-0.2, -0.15) is 13.2 Å². The number of carbonyl (C=O) groups excluding carboxylic acids is 1. The Hall–Kier alpha value is -2.62. The molecule has 1 amide bonds. The average Bonchev–Trinajstić information content (AvgIpc) is 3.52. The number of anilines is 1. The van der Waals surface area contributed by atoms with Gasteiger partial charge in [-0.1, -0.05) is 0 Å². The molecule has 1 aliphatic carbocycles. The second-order valence-corrected chi connectivity index (χ2v) is 10.5. The fourth-order valence-corrected chi connectivity index (χ4v) is 4.90. The summed E-state index contributed by atoms with van der Waals surface area (Å²) in [7, 11) is 0. The topological polar surface area (TPSA) is 85.9 Å². The highest BCUT2D eigenvalue weighted by Crippen LogP contribution is 2.39. The first-order valence-electron chi connectivity index (χ1n) is 12.1. The number of amides is 1. The van der Waals surface area contributed by atoms with Gasteiger partial charge in [0, 0.05) is 49.2 Å². The summed E-state index contributed by atoms with van der Waals surface area (Å²) in [5.41, 5.74) is 0.279. The van der Waals surface area contributed by atoms with Crippen LogP contribution in [0.4, 0.5) is 19.1 Å². The highest BCUT2D eigenvalue weighted by molar-refractivity contribution is 5.96. The van der Waals surface area contributed by atoms with Crippen LogP contribution in [0.15, 0.2) is 12.4 Å². The van der Waals surface area contributed by atoms with Gasteiger partial charge in [-0.25, -0.2) is 9.97 Å². The summed E-state index contributed by atoms with van der Waals surface area (Å²) in [6.07, 6.45) is 3.02. The highest BCUT2D eigenvalue weighted by Gasteiger charge is 2.38. The SMILES string of the molecule is CC1(C)CCC(Nc2ncc(C(F)(F)F)c(-c3c[nH]c4c3CCCN(CC3CC3)C4=O)n2)CN1. The number of rotatable bonds is 5. The van der Waals surface area contributed by atoms with E-state index in [1.807, 2.05) is 4.90 Å². The molecule has 0 radical (unpaired) electrons. The number of hydrogen-bond donors (Lipinski definition) is 3. The van der Waals surface area contributed by atoms with E-state index >= 15 is 0 Å².